The standard InChI is InChI=1S/C13H27/c1-6-8-9-10-13(4,5)11-12(3)7-2/h12H,2,6-11H2,1,3-5H3. The lowest BCUT2D eigenvalue weighted by molar-refractivity contribution is 0.249. The maximum atomic E-state index is 3.97. The summed E-state index contributed by atoms with van der Waals surface area (Å²) in [4.78, 5) is 0. The van der Waals surface area contributed by atoms with Crippen molar-refractivity contribution in [1.29, 1.82) is 0 Å². The highest BCUT2D eigenvalue weighted by Gasteiger charge is 2.19. The molecule has 1 atom stereocenters. The van der Waals surface area contributed by atoms with Crippen molar-refractivity contribution in [3.8, 4) is 0 Å². The molecule has 1 radical (unpaired) electrons. The topological polar surface area (TPSA) is 0 Å². The summed E-state index contributed by atoms with van der Waals surface area (Å²) in [6, 6.07) is 0. The van der Waals surface area contributed by atoms with E-state index in [1.54, 1.807) is 0 Å². The Labute approximate surface area is 85.1 Å². The van der Waals surface area contributed by atoms with Crippen LogP contribution in [-0.2, 0) is 0 Å². The molecule has 79 valence electrons. The molecule has 0 aromatic carbocycles. The van der Waals surface area contributed by atoms with Crippen LogP contribution >= 0.6 is 0 Å². The molecule has 13 heavy (non-hydrogen) atoms. The molecule has 0 aliphatic carbocycles. The minimum Gasteiger partial charge on any atom is -0.0654 e. The van der Waals surface area contributed by atoms with Gasteiger partial charge in [0.1, 0.15) is 0 Å². The second-order valence-corrected chi connectivity index (χ2v) is 5.22. The molecule has 0 fully saturated rings. The molecule has 0 bridgehead atoms. The van der Waals surface area contributed by atoms with Gasteiger partial charge in [-0.15, -0.1) is 0 Å². The van der Waals surface area contributed by atoms with E-state index in [9.17, 15) is 0 Å². The molecule has 0 rings (SSSR count). The van der Waals surface area contributed by atoms with Crippen LogP contribution in [0.5, 0.6) is 0 Å². The fraction of sp³-hybridized carbons (Fsp3) is 0.923. The molecule has 0 amide bonds. The molecule has 0 saturated heterocycles. The molecule has 0 aromatic rings. The highest BCUT2D eigenvalue weighted by molar-refractivity contribution is 4.72. The lowest BCUT2D eigenvalue weighted by atomic mass is 9.78. The van der Waals surface area contributed by atoms with E-state index >= 15 is 0 Å². The number of hydrogen-bond donors (Lipinski definition) is 0. The molecular formula is C13H27. The van der Waals surface area contributed by atoms with Crippen LogP contribution in [0, 0.1) is 18.3 Å². The van der Waals surface area contributed by atoms with Crippen molar-refractivity contribution in [3.63, 3.8) is 0 Å². The average molecular weight is 183 g/mol. The minimum absolute atomic E-state index is 0.534. The molecule has 0 aliphatic rings. The Morgan fingerprint density at radius 3 is 2.31 bits per heavy atom. The first-order chi connectivity index (χ1) is 6.02. The molecule has 0 aromatic heterocycles. The molecule has 0 spiro atoms. The molecule has 0 heterocycles. The summed E-state index contributed by atoms with van der Waals surface area (Å²) < 4.78 is 0. The quantitative estimate of drug-likeness (QED) is 0.495. The summed E-state index contributed by atoms with van der Waals surface area (Å²) in [6.07, 6.45) is 7.92. The van der Waals surface area contributed by atoms with E-state index in [1.807, 2.05) is 0 Å². The second kappa shape index (κ2) is 6.45. The normalized spacial score (nSPS) is 14.5. The molecule has 0 heteroatoms. The van der Waals surface area contributed by atoms with Crippen LogP contribution < -0.4 is 0 Å². The monoisotopic (exact) mass is 183 g/mol. The van der Waals surface area contributed by atoms with Crippen LogP contribution in [0.25, 0.3) is 0 Å². The van der Waals surface area contributed by atoms with Crippen molar-refractivity contribution in [3.05, 3.63) is 6.92 Å². The van der Waals surface area contributed by atoms with E-state index in [4.69, 9.17) is 0 Å². The molecule has 1 unspecified atom stereocenters. The Hall–Kier alpha value is 0. The Bertz CT molecular complexity index is 113. The second-order valence-electron chi connectivity index (χ2n) is 5.22. The number of unbranched alkanes of at least 4 members (excludes halogenated alkanes) is 2. The van der Waals surface area contributed by atoms with Gasteiger partial charge in [0.05, 0.1) is 0 Å². The maximum absolute atomic E-state index is 3.97. The molecule has 0 nitrogen and oxygen atoms in total. The third kappa shape index (κ3) is 7.10. The van der Waals surface area contributed by atoms with E-state index in [-0.39, 0.29) is 0 Å². The fourth-order valence-electron chi connectivity index (χ4n) is 2.00. The van der Waals surface area contributed by atoms with Crippen molar-refractivity contribution in [2.24, 2.45) is 11.3 Å². The Kier molecular flexibility index (Phi) is 6.45. The van der Waals surface area contributed by atoms with Crippen molar-refractivity contribution >= 4 is 0 Å². The SMILES string of the molecule is [CH2]CC(C)CC(C)(C)CCCCC. The zero-order chi connectivity index (χ0) is 10.3. The van der Waals surface area contributed by atoms with Gasteiger partial charge in [-0.1, -0.05) is 60.3 Å². The van der Waals surface area contributed by atoms with Crippen molar-refractivity contribution in [1.82, 2.24) is 0 Å². The van der Waals surface area contributed by atoms with Gasteiger partial charge in [0.15, 0.2) is 0 Å². The van der Waals surface area contributed by atoms with Gasteiger partial charge in [-0.2, -0.15) is 0 Å². The maximum Gasteiger partial charge on any atom is -0.0352 e. The van der Waals surface area contributed by atoms with Gasteiger partial charge in [-0.25, -0.2) is 0 Å². The summed E-state index contributed by atoms with van der Waals surface area (Å²) in [6.45, 7) is 13.3. The van der Waals surface area contributed by atoms with E-state index in [2.05, 4.69) is 34.6 Å². The summed E-state index contributed by atoms with van der Waals surface area (Å²) in [5.41, 5.74) is 0.534. The first-order valence-corrected chi connectivity index (χ1v) is 5.81. The van der Waals surface area contributed by atoms with E-state index in [0.29, 0.717) is 5.41 Å². The predicted octanol–water partition coefficient (Wildman–Crippen LogP) is 4.84. The Balaban J connectivity index is 3.65. The number of hydrogen-bond acceptors (Lipinski definition) is 0. The van der Waals surface area contributed by atoms with Crippen LogP contribution in [0.1, 0.15) is 66.2 Å². The van der Waals surface area contributed by atoms with Crippen LogP contribution in [0.2, 0.25) is 0 Å². The zero-order valence-corrected chi connectivity index (χ0v) is 10.0. The smallest absolute Gasteiger partial charge is 0.0352 e. The van der Waals surface area contributed by atoms with Crippen LogP contribution in [0.4, 0.5) is 0 Å². The van der Waals surface area contributed by atoms with Gasteiger partial charge in [0.2, 0.25) is 0 Å². The van der Waals surface area contributed by atoms with Gasteiger partial charge >= 0.3 is 0 Å². The lowest BCUT2D eigenvalue weighted by Crippen LogP contribution is -2.15. The fourth-order valence-corrected chi connectivity index (χ4v) is 2.00. The first-order valence-electron chi connectivity index (χ1n) is 5.81. The van der Waals surface area contributed by atoms with Gasteiger partial charge < -0.3 is 0 Å². The summed E-state index contributed by atoms with van der Waals surface area (Å²) >= 11 is 0. The number of rotatable bonds is 7. The Morgan fingerprint density at radius 1 is 1.23 bits per heavy atom. The summed E-state index contributed by atoms with van der Waals surface area (Å²) in [5, 5.41) is 0. The summed E-state index contributed by atoms with van der Waals surface area (Å²) in [5.74, 6) is 0.789. The lowest BCUT2D eigenvalue weighted by Gasteiger charge is -2.27. The Morgan fingerprint density at radius 2 is 1.85 bits per heavy atom. The van der Waals surface area contributed by atoms with Crippen LogP contribution in [-0.4, -0.2) is 0 Å². The molecule has 0 aliphatic heterocycles. The van der Waals surface area contributed by atoms with Crippen molar-refractivity contribution in [2.75, 3.05) is 0 Å². The van der Waals surface area contributed by atoms with Crippen molar-refractivity contribution in [2.45, 2.75) is 66.2 Å². The van der Waals surface area contributed by atoms with Gasteiger partial charge in [-0.3, -0.25) is 0 Å². The highest BCUT2D eigenvalue weighted by atomic mass is 14.2. The molecule has 0 N–H and O–H groups in total. The molecular weight excluding hydrogens is 156 g/mol. The van der Waals surface area contributed by atoms with Crippen LogP contribution in [0.15, 0.2) is 0 Å². The van der Waals surface area contributed by atoms with Crippen LogP contribution in [0.3, 0.4) is 0 Å². The average Bonchev–Trinajstić information content (AvgIpc) is 2.03. The third-order valence-electron chi connectivity index (χ3n) is 2.85. The van der Waals surface area contributed by atoms with E-state index in [0.717, 1.165) is 12.3 Å². The highest BCUT2D eigenvalue weighted by Crippen LogP contribution is 2.32. The van der Waals surface area contributed by atoms with Gasteiger partial charge in [0, 0.05) is 0 Å². The van der Waals surface area contributed by atoms with E-state index < -0.39 is 0 Å². The van der Waals surface area contributed by atoms with Gasteiger partial charge in [-0.05, 0) is 24.2 Å². The summed E-state index contributed by atoms with van der Waals surface area (Å²) in [7, 11) is 0. The predicted molar refractivity (Wildman–Crippen MR) is 61.7 cm³/mol. The third-order valence-corrected chi connectivity index (χ3v) is 2.85. The molecule has 0 saturated carbocycles. The van der Waals surface area contributed by atoms with Gasteiger partial charge in [0.25, 0.3) is 0 Å². The largest absolute Gasteiger partial charge is 0.0654 e. The van der Waals surface area contributed by atoms with E-state index in [1.165, 1.54) is 32.1 Å². The minimum atomic E-state index is 0.534. The first kappa shape index (κ1) is 13.0. The van der Waals surface area contributed by atoms with Crippen molar-refractivity contribution < 1.29 is 0 Å². The zero-order valence-electron chi connectivity index (χ0n) is 10.0.